The van der Waals surface area contributed by atoms with E-state index < -0.39 is 5.60 Å². The molecule has 4 aliphatic carbocycles. The van der Waals surface area contributed by atoms with E-state index in [1.165, 1.54) is 0 Å². The molecule has 0 saturated heterocycles. The van der Waals surface area contributed by atoms with Gasteiger partial charge in [0.05, 0.1) is 17.0 Å². The molecule has 116 valence electrons. The van der Waals surface area contributed by atoms with Crippen LogP contribution in [0, 0.1) is 17.8 Å². The van der Waals surface area contributed by atoms with E-state index in [0.29, 0.717) is 24.3 Å². The van der Waals surface area contributed by atoms with Crippen LogP contribution in [-0.2, 0) is 5.41 Å². The Kier molecular flexibility index (Phi) is 2.70. The Balaban J connectivity index is 1.92. The Bertz CT molecular complexity index is 668. The summed E-state index contributed by atoms with van der Waals surface area (Å²) in [5.74, 6) is -0.228. The first-order valence-corrected chi connectivity index (χ1v) is 7.76. The summed E-state index contributed by atoms with van der Waals surface area (Å²) in [5, 5.41) is 37.2. The highest BCUT2D eigenvalue weighted by molar-refractivity contribution is 6.13. The van der Waals surface area contributed by atoms with Crippen molar-refractivity contribution in [3.8, 4) is 0 Å². The van der Waals surface area contributed by atoms with E-state index in [2.05, 4.69) is 22.4 Å². The van der Waals surface area contributed by atoms with E-state index in [-0.39, 0.29) is 23.2 Å². The quantitative estimate of drug-likeness (QED) is 0.550. The molecule has 5 rings (SSSR count). The predicted octanol–water partition coefficient (Wildman–Crippen LogP) is 2.40. The smallest absolute Gasteiger partial charge is 0.0798 e. The maximum absolute atomic E-state index is 11.4. The standard InChI is InChI=1S/C17H20N2O3/c1-16(20)13-7-10-8-17(16,11-5-3-2-4-6-11)9-12(14(10)18-21)15(13)19-22/h2-6,10,12-13,20-22H,7-9H2,1H3/t10?,12?,13?,16-,17?/m1/s1. The van der Waals surface area contributed by atoms with Crippen LogP contribution in [0.25, 0.3) is 0 Å². The van der Waals surface area contributed by atoms with E-state index in [9.17, 15) is 15.5 Å². The van der Waals surface area contributed by atoms with Gasteiger partial charge in [0, 0.05) is 23.2 Å². The summed E-state index contributed by atoms with van der Waals surface area (Å²) in [5.41, 5.74) is 1.05. The van der Waals surface area contributed by atoms with Crippen LogP contribution in [-0.4, -0.2) is 32.5 Å². The van der Waals surface area contributed by atoms with Gasteiger partial charge in [-0.2, -0.15) is 0 Å². The Hall–Kier alpha value is -1.88. The second-order valence-electron chi connectivity index (χ2n) is 7.09. The van der Waals surface area contributed by atoms with Crippen molar-refractivity contribution in [2.45, 2.75) is 37.2 Å². The Morgan fingerprint density at radius 3 is 2.36 bits per heavy atom. The fraction of sp³-hybridized carbons (Fsp3) is 0.529. The van der Waals surface area contributed by atoms with Gasteiger partial charge < -0.3 is 15.5 Å². The molecule has 0 radical (unpaired) electrons. The molecule has 1 aromatic carbocycles. The fourth-order valence-corrected chi connectivity index (χ4v) is 5.29. The topological polar surface area (TPSA) is 85.4 Å². The van der Waals surface area contributed by atoms with Gasteiger partial charge in [0.25, 0.3) is 0 Å². The van der Waals surface area contributed by atoms with Gasteiger partial charge in [-0.15, -0.1) is 0 Å². The highest BCUT2D eigenvalue weighted by Crippen LogP contribution is 2.63. The van der Waals surface area contributed by atoms with E-state index in [1.807, 2.05) is 25.1 Å². The average Bonchev–Trinajstić information content (AvgIpc) is 2.52. The Morgan fingerprint density at radius 1 is 1.05 bits per heavy atom. The van der Waals surface area contributed by atoms with Gasteiger partial charge >= 0.3 is 0 Å². The molecule has 4 fully saturated rings. The zero-order valence-electron chi connectivity index (χ0n) is 12.5. The molecule has 1 aromatic rings. The molecular weight excluding hydrogens is 280 g/mol. The highest BCUT2D eigenvalue weighted by atomic mass is 16.4. The van der Waals surface area contributed by atoms with Gasteiger partial charge in [-0.3, -0.25) is 0 Å². The van der Waals surface area contributed by atoms with Crippen LogP contribution in [0.4, 0.5) is 0 Å². The van der Waals surface area contributed by atoms with Gasteiger partial charge in [-0.25, -0.2) is 0 Å². The molecule has 0 aromatic heterocycles. The van der Waals surface area contributed by atoms with Crippen molar-refractivity contribution >= 4 is 11.4 Å². The van der Waals surface area contributed by atoms with Gasteiger partial charge in [-0.05, 0) is 31.7 Å². The number of oxime groups is 2. The van der Waals surface area contributed by atoms with Crippen LogP contribution in [0.3, 0.4) is 0 Å². The minimum Gasteiger partial charge on any atom is -0.411 e. The molecule has 0 amide bonds. The first-order valence-electron chi connectivity index (χ1n) is 7.76. The van der Waals surface area contributed by atoms with Gasteiger partial charge in [0.2, 0.25) is 0 Å². The largest absolute Gasteiger partial charge is 0.411 e. The third-order valence-corrected chi connectivity index (χ3v) is 6.36. The first kappa shape index (κ1) is 13.8. The molecule has 4 saturated carbocycles. The maximum atomic E-state index is 11.4. The molecule has 0 heterocycles. The lowest BCUT2D eigenvalue weighted by molar-refractivity contribution is -0.112. The lowest BCUT2D eigenvalue weighted by Crippen LogP contribution is -2.71. The summed E-state index contributed by atoms with van der Waals surface area (Å²) in [6, 6.07) is 10.1. The molecule has 22 heavy (non-hydrogen) atoms. The van der Waals surface area contributed by atoms with E-state index >= 15 is 0 Å². The maximum Gasteiger partial charge on any atom is 0.0798 e. The first-order chi connectivity index (χ1) is 10.5. The average molecular weight is 300 g/mol. The molecule has 0 aliphatic heterocycles. The number of benzene rings is 1. The molecule has 5 atom stereocenters. The summed E-state index contributed by atoms with van der Waals surface area (Å²) in [6.45, 7) is 1.86. The van der Waals surface area contributed by atoms with Crippen molar-refractivity contribution in [2.24, 2.45) is 28.1 Å². The minimum atomic E-state index is -0.968. The molecule has 4 aliphatic rings. The third kappa shape index (κ3) is 1.42. The van der Waals surface area contributed by atoms with Crippen molar-refractivity contribution in [1.82, 2.24) is 0 Å². The van der Waals surface area contributed by atoms with Crippen LogP contribution in [0.1, 0.15) is 31.7 Å². The van der Waals surface area contributed by atoms with Gasteiger partial charge in [0.15, 0.2) is 0 Å². The number of rotatable bonds is 1. The number of hydrogen-bond acceptors (Lipinski definition) is 5. The second kappa shape index (κ2) is 4.32. The zero-order chi connectivity index (χ0) is 15.5. The molecule has 0 spiro atoms. The van der Waals surface area contributed by atoms with Crippen LogP contribution in [0.2, 0.25) is 0 Å². The Morgan fingerprint density at radius 2 is 1.73 bits per heavy atom. The summed E-state index contributed by atoms with van der Waals surface area (Å²) in [6.07, 6.45) is 2.07. The number of hydrogen-bond donors (Lipinski definition) is 3. The highest BCUT2D eigenvalue weighted by Gasteiger charge is 2.68. The SMILES string of the molecule is C[C@@]1(O)C2CC3CC1(c1ccccc1)CC(C3=NO)C2=NO. The zero-order valence-corrected chi connectivity index (χ0v) is 12.5. The van der Waals surface area contributed by atoms with E-state index in [4.69, 9.17) is 0 Å². The van der Waals surface area contributed by atoms with Crippen molar-refractivity contribution < 1.29 is 15.5 Å². The monoisotopic (exact) mass is 300 g/mol. The van der Waals surface area contributed by atoms with E-state index in [0.717, 1.165) is 12.0 Å². The van der Waals surface area contributed by atoms with E-state index in [1.54, 1.807) is 0 Å². The lowest BCUT2D eigenvalue weighted by Gasteiger charge is -2.64. The normalized spacial score (nSPS) is 46.5. The summed E-state index contributed by atoms with van der Waals surface area (Å²) < 4.78 is 0. The Labute approximate surface area is 129 Å². The van der Waals surface area contributed by atoms with Crippen molar-refractivity contribution in [3.05, 3.63) is 35.9 Å². The molecule has 4 unspecified atom stereocenters. The molecule has 3 N–H and O–H groups in total. The minimum absolute atomic E-state index is 0.139. The van der Waals surface area contributed by atoms with Crippen LogP contribution in [0.5, 0.6) is 0 Å². The fourth-order valence-electron chi connectivity index (χ4n) is 5.29. The third-order valence-electron chi connectivity index (χ3n) is 6.36. The van der Waals surface area contributed by atoms with Crippen molar-refractivity contribution in [3.63, 3.8) is 0 Å². The molecule has 4 bridgehead atoms. The summed E-state index contributed by atoms with van der Waals surface area (Å²) in [7, 11) is 0. The summed E-state index contributed by atoms with van der Waals surface area (Å²) >= 11 is 0. The number of aliphatic hydroxyl groups is 1. The van der Waals surface area contributed by atoms with Gasteiger partial charge in [-0.1, -0.05) is 40.6 Å². The van der Waals surface area contributed by atoms with Crippen LogP contribution >= 0.6 is 0 Å². The van der Waals surface area contributed by atoms with Crippen molar-refractivity contribution in [1.29, 1.82) is 0 Å². The molecular formula is C17H20N2O3. The molecule has 5 nitrogen and oxygen atoms in total. The van der Waals surface area contributed by atoms with Gasteiger partial charge in [0.1, 0.15) is 0 Å². The lowest BCUT2D eigenvalue weighted by atomic mass is 9.41. The van der Waals surface area contributed by atoms with Crippen LogP contribution in [0.15, 0.2) is 40.6 Å². The predicted molar refractivity (Wildman–Crippen MR) is 81.5 cm³/mol. The summed E-state index contributed by atoms with van der Waals surface area (Å²) in [4.78, 5) is 0. The van der Waals surface area contributed by atoms with Crippen molar-refractivity contribution in [2.75, 3.05) is 0 Å². The number of nitrogens with zero attached hydrogens (tertiary/aromatic N) is 2. The molecule has 5 heteroatoms. The van der Waals surface area contributed by atoms with Crippen LogP contribution < -0.4 is 0 Å². The second-order valence-corrected chi connectivity index (χ2v) is 7.09.